The van der Waals surface area contributed by atoms with E-state index < -0.39 is 0 Å². The number of hydrogen-bond donors (Lipinski definition) is 2. The Balaban J connectivity index is 1.35. The lowest BCUT2D eigenvalue weighted by Gasteiger charge is -2.29. The van der Waals surface area contributed by atoms with Crippen LogP contribution in [0.15, 0.2) is 90.7 Å². The summed E-state index contributed by atoms with van der Waals surface area (Å²) in [7, 11) is 2.18. The number of phenols is 1. The molecule has 6 nitrogen and oxygen atoms in total. The van der Waals surface area contributed by atoms with E-state index in [0.717, 1.165) is 24.2 Å². The van der Waals surface area contributed by atoms with E-state index in [1.54, 1.807) is 24.3 Å². The van der Waals surface area contributed by atoms with Crippen molar-refractivity contribution in [1.82, 2.24) is 15.1 Å². The van der Waals surface area contributed by atoms with Crippen molar-refractivity contribution in [2.75, 3.05) is 20.1 Å². The monoisotopic (exact) mass is 513 g/mol. The van der Waals surface area contributed by atoms with Gasteiger partial charge in [0.1, 0.15) is 23.1 Å². The number of benzene rings is 3. The fourth-order valence-corrected chi connectivity index (χ4v) is 4.98. The van der Waals surface area contributed by atoms with Crippen LogP contribution in [0.2, 0.25) is 0 Å². The van der Waals surface area contributed by atoms with E-state index in [1.165, 1.54) is 42.7 Å². The molecule has 1 fully saturated rings. The molecule has 0 bridgehead atoms. The van der Waals surface area contributed by atoms with E-state index in [4.69, 9.17) is 4.74 Å². The van der Waals surface area contributed by atoms with Crippen molar-refractivity contribution < 1.29 is 19.0 Å². The third-order valence-corrected chi connectivity index (χ3v) is 6.99. The number of likely N-dealkylation sites (N-methyl/N-ethyl adjacent to an activating group) is 1. The number of carbonyl (C=O) groups excluding carboxylic acids is 1. The number of carbonyl (C=O) groups is 1. The van der Waals surface area contributed by atoms with Crippen molar-refractivity contribution in [1.29, 1.82) is 0 Å². The molecule has 0 spiro atoms. The second-order valence-electron chi connectivity index (χ2n) is 9.83. The fourth-order valence-electron chi connectivity index (χ4n) is 4.98. The Hall–Kier alpha value is -4.10. The van der Waals surface area contributed by atoms with Gasteiger partial charge in [-0.3, -0.25) is 9.69 Å². The molecule has 5 rings (SSSR count). The number of amides is 1. The van der Waals surface area contributed by atoms with E-state index in [0.29, 0.717) is 36.2 Å². The molecule has 1 unspecified atom stereocenters. The molecule has 3 aromatic rings. The predicted octanol–water partition coefficient (Wildman–Crippen LogP) is 5.60. The highest BCUT2D eigenvalue weighted by atomic mass is 19.1. The van der Waals surface area contributed by atoms with Crippen LogP contribution in [0.25, 0.3) is 0 Å². The molecule has 0 radical (unpaired) electrons. The first-order valence-corrected chi connectivity index (χ1v) is 12.9. The van der Waals surface area contributed by atoms with Crippen molar-refractivity contribution in [2.45, 2.75) is 32.0 Å². The van der Waals surface area contributed by atoms with Crippen molar-refractivity contribution in [3.05, 3.63) is 113 Å². The maximum absolute atomic E-state index is 13.5. The number of hydrogen-bond acceptors (Lipinski definition) is 5. The van der Waals surface area contributed by atoms with Gasteiger partial charge in [0.15, 0.2) is 0 Å². The molecule has 3 aromatic carbocycles. The zero-order valence-electron chi connectivity index (χ0n) is 21.4. The van der Waals surface area contributed by atoms with Crippen molar-refractivity contribution in [3.8, 4) is 17.2 Å². The van der Waals surface area contributed by atoms with Gasteiger partial charge in [0.25, 0.3) is 5.91 Å². The van der Waals surface area contributed by atoms with Gasteiger partial charge in [0, 0.05) is 43.0 Å². The maximum Gasteiger partial charge on any atom is 0.251 e. The number of halogens is 1. The van der Waals surface area contributed by atoms with E-state index in [-0.39, 0.29) is 17.5 Å². The lowest BCUT2D eigenvalue weighted by atomic mass is 10.0. The third kappa shape index (κ3) is 6.23. The summed E-state index contributed by atoms with van der Waals surface area (Å²) >= 11 is 0. The topological polar surface area (TPSA) is 65.0 Å². The molecule has 2 aliphatic rings. The highest BCUT2D eigenvalue weighted by molar-refractivity contribution is 5.94. The molecular formula is C31H32FN3O3. The quantitative estimate of drug-likeness (QED) is 0.410. The number of phenolic OH excluding ortho intramolecular Hbond substituents is 1. The molecule has 38 heavy (non-hydrogen) atoms. The molecule has 196 valence electrons. The van der Waals surface area contributed by atoms with E-state index in [2.05, 4.69) is 40.5 Å². The maximum atomic E-state index is 13.5. The molecular weight excluding hydrogens is 481 g/mol. The minimum atomic E-state index is -0.323. The third-order valence-electron chi connectivity index (χ3n) is 6.99. The number of nitrogens with zero attached hydrogens (tertiary/aromatic N) is 2. The van der Waals surface area contributed by atoms with Crippen LogP contribution in [0.1, 0.15) is 34.3 Å². The van der Waals surface area contributed by atoms with Gasteiger partial charge >= 0.3 is 0 Å². The van der Waals surface area contributed by atoms with Gasteiger partial charge in [-0.15, -0.1) is 0 Å². The Bertz CT molecular complexity index is 1350. The van der Waals surface area contributed by atoms with Crippen LogP contribution in [-0.2, 0) is 13.1 Å². The van der Waals surface area contributed by atoms with Gasteiger partial charge in [-0.2, -0.15) is 0 Å². The van der Waals surface area contributed by atoms with Gasteiger partial charge in [-0.1, -0.05) is 30.4 Å². The standard InChI is InChI=1S/C31H32FN3O3/c1-34-15-4-8-29(34)24-6-3-16-35(20-24)21-25-10-9-22(17-30(25)38-28-13-11-26(32)12-14-28)19-33-31(37)23-5-2-7-27(36)18-23/h2-3,5-7,9-14,17-18,20,29,36H,4,8,15-16,19,21H2,1H3,(H,33,37). The second-order valence-corrected chi connectivity index (χ2v) is 9.83. The number of ether oxygens (including phenoxy) is 1. The molecule has 2 heterocycles. The fraction of sp³-hybridized carbons (Fsp3) is 0.258. The van der Waals surface area contributed by atoms with E-state index in [9.17, 15) is 14.3 Å². The molecule has 1 atom stereocenters. The SMILES string of the molecule is CN1CCCC1C1=CN(Cc2ccc(CNC(=O)c3cccc(O)c3)cc2Oc2ccc(F)cc2)CC=C1. The molecule has 2 N–H and O–H groups in total. The van der Waals surface area contributed by atoms with Gasteiger partial charge in [0.05, 0.1) is 0 Å². The second kappa shape index (κ2) is 11.5. The van der Waals surface area contributed by atoms with Crippen LogP contribution in [0.5, 0.6) is 17.2 Å². The minimum absolute atomic E-state index is 0.0429. The van der Waals surface area contributed by atoms with Crippen LogP contribution >= 0.6 is 0 Å². The Morgan fingerprint density at radius 3 is 2.74 bits per heavy atom. The molecule has 2 aliphatic heterocycles. The summed E-state index contributed by atoms with van der Waals surface area (Å²) in [5.41, 5.74) is 3.56. The first kappa shape index (κ1) is 25.5. The lowest BCUT2D eigenvalue weighted by Crippen LogP contribution is -2.30. The molecule has 1 saturated heterocycles. The largest absolute Gasteiger partial charge is 0.508 e. The van der Waals surface area contributed by atoms with Crippen LogP contribution in [0.3, 0.4) is 0 Å². The van der Waals surface area contributed by atoms with Crippen LogP contribution in [0.4, 0.5) is 4.39 Å². The summed E-state index contributed by atoms with van der Waals surface area (Å²) in [4.78, 5) is 17.2. The summed E-state index contributed by atoms with van der Waals surface area (Å²) in [5.74, 6) is 0.636. The molecule has 0 aromatic heterocycles. The van der Waals surface area contributed by atoms with E-state index >= 15 is 0 Å². The van der Waals surface area contributed by atoms with Gasteiger partial charge in [0.2, 0.25) is 0 Å². The zero-order valence-corrected chi connectivity index (χ0v) is 21.4. The number of aromatic hydroxyl groups is 1. The van der Waals surface area contributed by atoms with Gasteiger partial charge in [-0.25, -0.2) is 4.39 Å². The normalized spacial score (nSPS) is 17.4. The number of likely N-dealkylation sites (tertiary alicyclic amines) is 1. The summed E-state index contributed by atoms with van der Waals surface area (Å²) in [6.07, 6.45) is 9.07. The predicted molar refractivity (Wildman–Crippen MR) is 145 cm³/mol. The summed E-state index contributed by atoms with van der Waals surface area (Å²) in [6.45, 7) is 2.86. The molecule has 1 amide bonds. The first-order chi connectivity index (χ1) is 18.4. The van der Waals surface area contributed by atoms with Gasteiger partial charge < -0.3 is 20.1 Å². The molecule has 0 saturated carbocycles. The smallest absolute Gasteiger partial charge is 0.251 e. The minimum Gasteiger partial charge on any atom is -0.508 e. The van der Waals surface area contributed by atoms with E-state index in [1.807, 2.05) is 18.2 Å². The van der Waals surface area contributed by atoms with Crippen LogP contribution < -0.4 is 10.1 Å². The van der Waals surface area contributed by atoms with Crippen LogP contribution in [-0.4, -0.2) is 47.0 Å². The summed E-state index contributed by atoms with van der Waals surface area (Å²) < 4.78 is 19.7. The number of rotatable bonds is 8. The molecule has 7 heteroatoms. The zero-order chi connectivity index (χ0) is 26.5. The highest BCUT2D eigenvalue weighted by Gasteiger charge is 2.25. The Morgan fingerprint density at radius 1 is 1.13 bits per heavy atom. The molecule has 0 aliphatic carbocycles. The first-order valence-electron chi connectivity index (χ1n) is 12.9. The van der Waals surface area contributed by atoms with Crippen molar-refractivity contribution >= 4 is 5.91 Å². The lowest BCUT2D eigenvalue weighted by molar-refractivity contribution is 0.0950. The average Bonchev–Trinajstić information content (AvgIpc) is 3.36. The summed E-state index contributed by atoms with van der Waals surface area (Å²) in [6, 6.07) is 18.5. The van der Waals surface area contributed by atoms with Gasteiger partial charge in [-0.05, 0) is 86.1 Å². The average molecular weight is 514 g/mol. The van der Waals surface area contributed by atoms with Crippen molar-refractivity contribution in [2.24, 2.45) is 0 Å². The van der Waals surface area contributed by atoms with Crippen molar-refractivity contribution in [3.63, 3.8) is 0 Å². The summed E-state index contributed by atoms with van der Waals surface area (Å²) in [5, 5.41) is 12.6. The Labute approximate surface area is 222 Å². The highest BCUT2D eigenvalue weighted by Crippen LogP contribution is 2.30. The number of nitrogens with one attached hydrogen (secondary N) is 1. The van der Waals surface area contributed by atoms with Crippen LogP contribution in [0, 0.1) is 5.82 Å². The Morgan fingerprint density at radius 2 is 1.97 bits per heavy atom. The Kier molecular flexibility index (Phi) is 7.75.